The summed E-state index contributed by atoms with van der Waals surface area (Å²) in [5.41, 5.74) is 5.04. The first-order valence-electron chi connectivity index (χ1n) is 7.06. The molecule has 0 bridgehead atoms. The fourth-order valence-corrected chi connectivity index (χ4v) is 2.25. The Hall–Kier alpha value is -1.56. The molecule has 0 amide bonds. The Kier molecular flexibility index (Phi) is 5.20. The molecular formula is C19H22. The molecule has 0 fully saturated rings. The standard InChI is InChI=1S/C19H22/c1-16-8-12-18(13-9-16)6-4-3-5-7-19-14-10-17(2)11-15-19/h8-15H,1-7H2. The summed E-state index contributed by atoms with van der Waals surface area (Å²) in [6.45, 7) is 7.81. The predicted molar refractivity (Wildman–Crippen MR) is 83.1 cm³/mol. The summed E-state index contributed by atoms with van der Waals surface area (Å²) in [6.07, 6.45) is 6.18. The second-order valence-electron chi connectivity index (χ2n) is 5.19. The van der Waals surface area contributed by atoms with Crippen LogP contribution in [-0.2, 0) is 12.8 Å². The Morgan fingerprint density at radius 2 is 0.895 bits per heavy atom. The molecule has 98 valence electrons. The lowest BCUT2D eigenvalue weighted by Crippen LogP contribution is -1.89. The van der Waals surface area contributed by atoms with Gasteiger partial charge in [0.15, 0.2) is 0 Å². The Balaban J connectivity index is 1.64. The minimum atomic E-state index is 1.10. The summed E-state index contributed by atoms with van der Waals surface area (Å²) in [7, 11) is 0. The van der Waals surface area contributed by atoms with Crippen LogP contribution in [0.2, 0.25) is 0 Å². The molecule has 0 aliphatic heterocycles. The van der Waals surface area contributed by atoms with Crippen LogP contribution in [0.15, 0.2) is 48.5 Å². The minimum absolute atomic E-state index is 1.10. The number of rotatable bonds is 6. The van der Waals surface area contributed by atoms with Crippen LogP contribution in [-0.4, -0.2) is 0 Å². The van der Waals surface area contributed by atoms with Crippen molar-refractivity contribution in [2.24, 2.45) is 0 Å². The summed E-state index contributed by atoms with van der Waals surface area (Å²) in [6, 6.07) is 17.1. The van der Waals surface area contributed by atoms with Crippen molar-refractivity contribution in [3.8, 4) is 0 Å². The Morgan fingerprint density at radius 1 is 0.526 bits per heavy atom. The molecule has 2 rings (SSSR count). The highest BCUT2D eigenvalue weighted by atomic mass is 14.0. The molecule has 0 saturated heterocycles. The maximum absolute atomic E-state index is 3.91. The van der Waals surface area contributed by atoms with E-state index in [1.54, 1.807) is 0 Å². The van der Waals surface area contributed by atoms with Crippen LogP contribution in [0.1, 0.15) is 41.5 Å². The summed E-state index contributed by atoms with van der Waals surface area (Å²) in [5, 5.41) is 0. The van der Waals surface area contributed by atoms with Crippen LogP contribution >= 0.6 is 0 Å². The van der Waals surface area contributed by atoms with Gasteiger partial charge in [0.25, 0.3) is 0 Å². The van der Waals surface area contributed by atoms with Gasteiger partial charge in [-0.15, -0.1) is 0 Å². The van der Waals surface area contributed by atoms with E-state index in [2.05, 4.69) is 62.4 Å². The zero-order valence-corrected chi connectivity index (χ0v) is 11.6. The average molecular weight is 250 g/mol. The third-order valence-electron chi connectivity index (χ3n) is 3.48. The van der Waals surface area contributed by atoms with E-state index in [-0.39, 0.29) is 0 Å². The van der Waals surface area contributed by atoms with E-state index in [0.717, 1.165) is 11.1 Å². The Morgan fingerprint density at radius 3 is 1.26 bits per heavy atom. The van der Waals surface area contributed by atoms with Gasteiger partial charge in [-0.3, -0.25) is 0 Å². The molecule has 0 heterocycles. The van der Waals surface area contributed by atoms with Crippen molar-refractivity contribution in [3.63, 3.8) is 0 Å². The number of hydrogen-bond donors (Lipinski definition) is 0. The van der Waals surface area contributed by atoms with Gasteiger partial charge in [-0.05, 0) is 61.8 Å². The van der Waals surface area contributed by atoms with Crippen molar-refractivity contribution in [1.82, 2.24) is 0 Å². The Labute approximate surface area is 117 Å². The molecule has 0 heteroatoms. The molecule has 0 saturated carbocycles. The van der Waals surface area contributed by atoms with Crippen LogP contribution in [0.25, 0.3) is 0 Å². The normalized spacial score (nSPS) is 10.6. The lowest BCUT2D eigenvalue weighted by molar-refractivity contribution is 0.678. The van der Waals surface area contributed by atoms with Gasteiger partial charge in [-0.25, -0.2) is 0 Å². The topological polar surface area (TPSA) is 0 Å². The highest BCUT2D eigenvalue weighted by molar-refractivity contribution is 5.25. The number of unbranched alkanes of at least 4 members (excludes halogenated alkanes) is 2. The van der Waals surface area contributed by atoms with Crippen molar-refractivity contribution in [2.75, 3.05) is 0 Å². The van der Waals surface area contributed by atoms with Crippen molar-refractivity contribution in [3.05, 3.63) is 84.6 Å². The molecular weight excluding hydrogens is 228 g/mol. The second-order valence-corrected chi connectivity index (χ2v) is 5.19. The Bertz CT molecular complexity index is 429. The molecule has 0 atom stereocenters. The zero-order valence-electron chi connectivity index (χ0n) is 11.6. The number of hydrogen-bond acceptors (Lipinski definition) is 0. The first-order chi connectivity index (χ1) is 9.24. The van der Waals surface area contributed by atoms with E-state index in [4.69, 9.17) is 0 Å². The van der Waals surface area contributed by atoms with Crippen molar-refractivity contribution in [2.45, 2.75) is 32.1 Å². The smallest absolute Gasteiger partial charge is 0.0238 e. The first-order valence-corrected chi connectivity index (χ1v) is 7.06. The van der Waals surface area contributed by atoms with E-state index >= 15 is 0 Å². The summed E-state index contributed by atoms with van der Waals surface area (Å²) < 4.78 is 0. The molecule has 19 heavy (non-hydrogen) atoms. The van der Waals surface area contributed by atoms with Gasteiger partial charge in [0.2, 0.25) is 0 Å². The fourth-order valence-electron chi connectivity index (χ4n) is 2.25. The molecule has 0 aliphatic rings. The molecule has 0 N–H and O–H groups in total. The highest BCUT2D eigenvalue weighted by Gasteiger charge is 1.96. The maximum atomic E-state index is 3.91. The average Bonchev–Trinajstić information content (AvgIpc) is 2.43. The molecule has 0 aromatic heterocycles. The molecule has 0 spiro atoms. The molecule has 2 radical (unpaired) electrons. The molecule has 2 aromatic rings. The first kappa shape index (κ1) is 13.9. The largest absolute Gasteiger partial charge is 0.0588 e. The summed E-state index contributed by atoms with van der Waals surface area (Å²) in [5.74, 6) is 0. The molecule has 0 unspecified atom stereocenters. The van der Waals surface area contributed by atoms with Crippen molar-refractivity contribution >= 4 is 0 Å². The SMILES string of the molecule is [CH2]c1ccc(CCCCCc2ccc([CH2])cc2)cc1. The van der Waals surface area contributed by atoms with Crippen molar-refractivity contribution < 1.29 is 0 Å². The van der Waals surface area contributed by atoms with Gasteiger partial charge in [0, 0.05) is 0 Å². The van der Waals surface area contributed by atoms with Gasteiger partial charge in [0.05, 0.1) is 0 Å². The van der Waals surface area contributed by atoms with E-state index in [9.17, 15) is 0 Å². The highest BCUT2D eigenvalue weighted by Crippen LogP contribution is 2.11. The second kappa shape index (κ2) is 7.13. The van der Waals surface area contributed by atoms with Gasteiger partial charge >= 0.3 is 0 Å². The number of benzene rings is 2. The summed E-state index contributed by atoms with van der Waals surface area (Å²) >= 11 is 0. The maximum Gasteiger partial charge on any atom is -0.0238 e. The molecule has 0 aliphatic carbocycles. The van der Waals surface area contributed by atoms with Gasteiger partial charge in [-0.2, -0.15) is 0 Å². The van der Waals surface area contributed by atoms with Crippen molar-refractivity contribution in [1.29, 1.82) is 0 Å². The van der Waals surface area contributed by atoms with Gasteiger partial charge < -0.3 is 0 Å². The van der Waals surface area contributed by atoms with E-state index in [1.807, 2.05) is 0 Å². The van der Waals surface area contributed by atoms with Crippen LogP contribution in [0.5, 0.6) is 0 Å². The minimum Gasteiger partial charge on any atom is -0.0588 e. The van der Waals surface area contributed by atoms with Gasteiger partial charge in [-0.1, -0.05) is 55.0 Å². The quantitative estimate of drug-likeness (QED) is 0.632. The summed E-state index contributed by atoms with van der Waals surface area (Å²) in [4.78, 5) is 0. The van der Waals surface area contributed by atoms with Crippen LogP contribution in [0, 0.1) is 13.8 Å². The molecule has 0 nitrogen and oxygen atoms in total. The van der Waals surface area contributed by atoms with E-state index < -0.39 is 0 Å². The van der Waals surface area contributed by atoms with E-state index in [0.29, 0.717) is 0 Å². The van der Waals surface area contributed by atoms with Gasteiger partial charge in [0.1, 0.15) is 0 Å². The van der Waals surface area contributed by atoms with E-state index in [1.165, 1.54) is 43.2 Å². The monoisotopic (exact) mass is 250 g/mol. The third-order valence-corrected chi connectivity index (χ3v) is 3.48. The molecule has 2 aromatic carbocycles. The lowest BCUT2D eigenvalue weighted by atomic mass is 10.0. The zero-order chi connectivity index (χ0) is 13.5. The number of aryl methyl sites for hydroxylation is 2. The fraction of sp³-hybridized carbons (Fsp3) is 0.263. The van der Waals surface area contributed by atoms with Crippen LogP contribution < -0.4 is 0 Å². The lowest BCUT2D eigenvalue weighted by Gasteiger charge is -2.04. The van der Waals surface area contributed by atoms with Crippen LogP contribution in [0.4, 0.5) is 0 Å². The third kappa shape index (κ3) is 4.90. The predicted octanol–water partition coefficient (Wildman–Crippen LogP) is 5.01. The van der Waals surface area contributed by atoms with Crippen LogP contribution in [0.3, 0.4) is 0 Å².